The Kier molecular flexibility index (Phi) is 6.34. The van der Waals surface area contributed by atoms with E-state index in [0.29, 0.717) is 22.2 Å². The van der Waals surface area contributed by atoms with Gasteiger partial charge in [0.15, 0.2) is 5.82 Å². The number of anilines is 1. The van der Waals surface area contributed by atoms with Crippen LogP contribution in [-0.2, 0) is 10.2 Å². The molecular formula is C21H21ClN6OS. The number of carbonyl (C=O) groups is 1. The Labute approximate surface area is 184 Å². The molecule has 9 heteroatoms. The molecule has 3 aromatic rings. The molecule has 0 unspecified atom stereocenters. The van der Waals surface area contributed by atoms with Crippen LogP contribution in [0.5, 0.6) is 0 Å². The van der Waals surface area contributed by atoms with Crippen LogP contribution in [0.1, 0.15) is 31.9 Å². The zero-order valence-electron chi connectivity index (χ0n) is 16.8. The number of nitrogens with two attached hydrogens (primary N) is 1. The van der Waals surface area contributed by atoms with Crippen LogP contribution < -0.4 is 11.2 Å². The second-order valence-electron chi connectivity index (χ2n) is 7.65. The zero-order chi connectivity index (χ0) is 21.9. The monoisotopic (exact) mass is 440 g/mol. The van der Waals surface area contributed by atoms with E-state index < -0.39 is 0 Å². The summed E-state index contributed by atoms with van der Waals surface area (Å²) in [6, 6.07) is 14.7. The van der Waals surface area contributed by atoms with Crippen molar-refractivity contribution in [3.8, 4) is 17.5 Å². The van der Waals surface area contributed by atoms with E-state index in [-0.39, 0.29) is 22.1 Å². The molecule has 30 heavy (non-hydrogen) atoms. The first-order valence-electron chi connectivity index (χ1n) is 9.13. The molecule has 7 nitrogen and oxygen atoms in total. The van der Waals surface area contributed by atoms with E-state index in [9.17, 15) is 4.79 Å². The summed E-state index contributed by atoms with van der Waals surface area (Å²) in [6.07, 6.45) is 0. The van der Waals surface area contributed by atoms with Gasteiger partial charge in [0, 0.05) is 11.3 Å². The molecule has 0 saturated carbocycles. The molecule has 1 amide bonds. The maximum Gasteiger partial charge on any atom is 0.234 e. The van der Waals surface area contributed by atoms with Crippen LogP contribution in [0.3, 0.4) is 0 Å². The number of nitrogen functional groups attached to an aromatic ring is 1. The summed E-state index contributed by atoms with van der Waals surface area (Å²) in [5.41, 5.74) is 2.98. The van der Waals surface area contributed by atoms with Gasteiger partial charge in [-0.3, -0.25) is 4.79 Å². The fraction of sp³-hybridized carbons (Fsp3) is 0.238. The Balaban J connectivity index is 1.64. The van der Waals surface area contributed by atoms with Gasteiger partial charge in [-0.2, -0.15) is 5.26 Å². The number of thioether (sulfide) groups is 1. The lowest BCUT2D eigenvalue weighted by atomic mass is 9.87. The summed E-state index contributed by atoms with van der Waals surface area (Å²) in [5, 5.41) is 20.6. The van der Waals surface area contributed by atoms with Crippen LogP contribution in [0.2, 0.25) is 5.02 Å². The predicted octanol–water partition coefficient (Wildman–Crippen LogP) is 4.21. The second-order valence-corrected chi connectivity index (χ2v) is 9.00. The molecule has 0 fully saturated rings. The van der Waals surface area contributed by atoms with E-state index in [2.05, 4.69) is 36.3 Å². The van der Waals surface area contributed by atoms with E-state index in [1.54, 1.807) is 12.1 Å². The molecule has 1 aromatic heterocycles. The number of aromatic nitrogens is 3. The van der Waals surface area contributed by atoms with Gasteiger partial charge in [-0.25, -0.2) is 4.68 Å². The van der Waals surface area contributed by atoms with Gasteiger partial charge in [0.1, 0.15) is 6.07 Å². The van der Waals surface area contributed by atoms with Crippen LogP contribution in [0.25, 0.3) is 11.4 Å². The Hall–Kier alpha value is -3.02. The summed E-state index contributed by atoms with van der Waals surface area (Å²) in [4.78, 5) is 12.2. The molecule has 154 valence electrons. The number of amides is 1. The molecule has 0 aliphatic heterocycles. The summed E-state index contributed by atoms with van der Waals surface area (Å²) >= 11 is 7.16. The number of rotatable bonds is 5. The van der Waals surface area contributed by atoms with Crippen molar-refractivity contribution < 1.29 is 4.79 Å². The maximum absolute atomic E-state index is 12.2. The number of nitrogens with one attached hydrogen (secondary N) is 1. The van der Waals surface area contributed by atoms with Crippen molar-refractivity contribution in [2.24, 2.45) is 0 Å². The van der Waals surface area contributed by atoms with Crippen molar-refractivity contribution in [2.45, 2.75) is 31.3 Å². The van der Waals surface area contributed by atoms with Gasteiger partial charge in [-0.15, -0.1) is 10.2 Å². The Bertz CT molecular complexity index is 1110. The van der Waals surface area contributed by atoms with Gasteiger partial charge in [-0.1, -0.05) is 68.4 Å². The number of hydrogen-bond acceptors (Lipinski definition) is 6. The number of nitriles is 1. The standard InChI is InChI=1S/C21H21ClN6OS/c1-21(2,3)15-7-4-13(5-8-15)19-26-27-20(28(19)24)30-12-18(29)25-16-9-6-14(11-23)17(22)10-16/h4-10H,12,24H2,1-3H3,(H,25,29). The van der Waals surface area contributed by atoms with E-state index >= 15 is 0 Å². The average molecular weight is 441 g/mol. The first-order valence-corrected chi connectivity index (χ1v) is 10.5. The van der Waals surface area contributed by atoms with Crippen molar-refractivity contribution in [1.29, 1.82) is 5.26 Å². The first kappa shape index (κ1) is 21.7. The van der Waals surface area contributed by atoms with Crippen molar-refractivity contribution in [2.75, 3.05) is 16.9 Å². The summed E-state index contributed by atoms with van der Waals surface area (Å²) < 4.78 is 1.38. The van der Waals surface area contributed by atoms with Crippen LogP contribution >= 0.6 is 23.4 Å². The predicted molar refractivity (Wildman–Crippen MR) is 120 cm³/mol. The lowest BCUT2D eigenvalue weighted by Crippen LogP contribution is -2.16. The fourth-order valence-electron chi connectivity index (χ4n) is 2.70. The summed E-state index contributed by atoms with van der Waals surface area (Å²) in [5.74, 6) is 6.51. The summed E-state index contributed by atoms with van der Waals surface area (Å²) in [6.45, 7) is 6.46. The number of benzene rings is 2. The van der Waals surface area contributed by atoms with E-state index in [4.69, 9.17) is 22.7 Å². The van der Waals surface area contributed by atoms with Gasteiger partial charge in [-0.05, 0) is 29.2 Å². The normalized spacial score (nSPS) is 11.2. The van der Waals surface area contributed by atoms with Crippen LogP contribution in [0.15, 0.2) is 47.6 Å². The SMILES string of the molecule is CC(C)(C)c1ccc(-c2nnc(SCC(=O)Nc3ccc(C#N)c(Cl)c3)n2N)cc1. The molecule has 3 rings (SSSR count). The van der Waals surface area contributed by atoms with Crippen molar-refractivity contribution in [3.63, 3.8) is 0 Å². The Morgan fingerprint density at radius 1 is 1.23 bits per heavy atom. The van der Waals surface area contributed by atoms with Gasteiger partial charge < -0.3 is 11.2 Å². The third-order valence-electron chi connectivity index (χ3n) is 4.38. The molecule has 0 bridgehead atoms. The van der Waals surface area contributed by atoms with E-state index in [1.807, 2.05) is 30.3 Å². The minimum absolute atomic E-state index is 0.0580. The summed E-state index contributed by atoms with van der Waals surface area (Å²) in [7, 11) is 0. The lowest BCUT2D eigenvalue weighted by Gasteiger charge is -2.19. The fourth-order valence-corrected chi connectivity index (χ4v) is 3.58. The van der Waals surface area contributed by atoms with Crippen molar-refractivity contribution in [1.82, 2.24) is 14.9 Å². The smallest absolute Gasteiger partial charge is 0.234 e. The molecule has 0 aliphatic rings. The highest BCUT2D eigenvalue weighted by Gasteiger charge is 2.17. The number of nitrogens with zero attached hydrogens (tertiary/aromatic N) is 4. The van der Waals surface area contributed by atoms with Gasteiger partial charge in [0.05, 0.1) is 16.3 Å². The zero-order valence-corrected chi connectivity index (χ0v) is 18.4. The Morgan fingerprint density at radius 2 is 1.93 bits per heavy atom. The first-order chi connectivity index (χ1) is 14.2. The molecule has 0 saturated heterocycles. The molecule has 2 aromatic carbocycles. The minimum atomic E-state index is -0.250. The average Bonchev–Trinajstić information content (AvgIpc) is 3.06. The highest BCUT2D eigenvalue weighted by Crippen LogP contribution is 2.27. The maximum atomic E-state index is 12.2. The van der Waals surface area contributed by atoms with Crippen LogP contribution in [0.4, 0.5) is 5.69 Å². The third-order valence-corrected chi connectivity index (χ3v) is 5.64. The largest absolute Gasteiger partial charge is 0.335 e. The van der Waals surface area contributed by atoms with Crippen molar-refractivity contribution >= 4 is 35.0 Å². The molecule has 3 N–H and O–H groups in total. The topological polar surface area (TPSA) is 110 Å². The van der Waals surface area contributed by atoms with Gasteiger partial charge >= 0.3 is 0 Å². The minimum Gasteiger partial charge on any atom is -0.335 e. The molecular weight excluding hydrogens is 420 g/mol. The molecule has 0 spiro atoms. The Morgan fingerprint density at radius 3 is 2.53 bits per heavy atom. The molecule has 0 aliphatic carbocycles. The molecule has 1 heterocycles. The van der Waals surface area contributed by atoms with Gasteiger partial charge in [0.2, 0.25) is 11.1 Å². The third kappa shape index (κ3) is 4.93. The second kappa shape index (κ2) is 8.78. The number of hydrogen-bond donors (Lipinski definition) is 2. The quantitative estimate of drug-likeness (QED) is 0.454. The highest BCUT2D eigenvalue weighted by atomic mass is 35.5. The number of halogens is 1. The van der Waals surface area contributed by atoms with Crippen LogP contribution in [-0.4, -0.2) is 26.5 Å². The van der Waals surface area contributed by atoms with E-state index in [0.717, 1.165) is 5.56 Å². The highest BCUT2D eigenvalue weighted by molar-refractivity contribution is 7.99. The van der Waals surface area contributed by atoms with Crippen LogP contribution in [0, 0.1) is 11.3 Å². The van der Waals surface area contributed by atoms with Crippen molar-refractivity contribution in [3.05, 3.63) is 58.6 Å². The molecule has 0 radical (unpaired) electrons. The molecule has 0 atom stereocenters. The van der Waals surface area contributed by atoms with Gasteiger partial charge in [0.25, 0.3) is 0 Å². The lowest BCUT2D eigenvalue weighted by molar-refractivity contribution is -0.113. The number of carbonyl (C=O) groups excluding carboxylic acids is 1. The van der Waals surface area contributed by atoms with E-state index in [1.165, 1.54) is 28.1 Å².